The summed E-state index contributed by atoms with van der Waals surface area (Å²) < 4.78 is 20.6. The topological polar surface area (TPSA) is 25.2 Å². The van der Waals surface area contributed by atoms with E-state index in [-0.39, 0.29) is 5.02 Å². The Hall–Kier alpha value is -0.580. The van der Waals surface area contributed by atoms with Gasteiger partial charge in [0.1, 0.15) is 5.76 Å². The quantitative estimate of drug-likeness (QED) is 0.823. The summed E-state index contributed by atoms with van der Waals surface area (Å²) in [4.78, 5) is 0. The van der Waals surface area contributed by atoms with Crippen LogP contribution in [-0.2, 0) is 13.0 Å². The van der Waals surface area contributed by atoms with Gasteiger partial charge in [-0.15, -0.1) is 0 Å². The molecule has 18 heavy (non-hydrogen) atoms. The molecule has 0 bridgehead atoms. The Morgan fingerprint density at radius 3 is 2.78 bits per heavy atom. The molecule has 1 aromatic heterocycles. The van der Waals surface area contributed by atoms with Gasteiger partial charge in [-0.25, -0.2) is 4.39 Å². The molecule has 0 amide bonds. The number of aryl methyl sites for hydroxylation is 1. The van der Waals surface area contributed by atoms with Crippen molar-refractivity contribution in [3.63, 3.8) is 0 Å². The second-order valence-corrected chi connectivity index (χ2v) is 5.26. The van der Waals surface area contributed by atoms with Gasteiger partial charge in [0.15, 0.2) is 11.4 Å². The van der Waals surface area contributed by atoms with Crippen molar-refractivity contribution in [1.82, 2.24) is 5.32 Å². The van der Waals surface area contributed by atoms with Gasteiger partial charge in [-0.1, -0.05) is 25.4 Å². The molecule has 0 unspecified atom stereocenters. The summed E-state index contributed by atoms with van der Waals surface area (Å²) in [5.74, 6) is 0.370. The minimum atomic E-state index is -0.404. The molecule has 2 rings (SSSR count). The molecule has 5 heteroatoms. The van der Waals surface area contributed by atoms with Crippen LogP contribution in [0.3, 0.4) is 0 Å². The molecular weight excluding hydrogens is 321 g/mol. The fraction of sp³-hybridized carbons (Fsp3) is 0.385. The zero-order chi connectivity index (χ0) is 13.3. The minimum absolute atomic E-state index is 0.111. The maximum absolute atomic E-state index is 14.1. The summed E-state index contributed by atoms with van der Waals surface area (Å²) in [5, 5.41) is 3.79. The van der Waals surface area contributed by atoms with Crippen LogP contribution in [0.1, 0.15) is 25.2 Å². The van der Waals surface area contributed by atoms with E-state index in [1.165, 1.54) is 6.07 Å². The predicted octanol–water partition coefficient (Wildman–Crippen LogP) is 4.66. The number of nitrogens with one attached hydrogen (secondary N) is 1. The van der Waals surface area contributed by atoms with E-state index < -0.39 is 5.82 Å². The molecule has 0 aliphatic carbocycles. The third kappa shape index (κ3) is 2.29. The monoisotopic (exact) mass is 333 g/mol. The van der Waals surface area contributed by atoms with Crippen LogP contribution in [0, 0.1) is 5.82 Å². The van der Waals surface area contributed by atoms with Gasteiger partial charge in [0.2, 0.25) is 0 Å². The maximum Gasteiger partial charge on any atom is 0.153 e. The van der Waals surface area contributed by atoms with E-state index in [0.717, 1.165) is 17.9 Å². The van der Waals surface area contributed by atoms with Crippen molar-refractivity contribution in [2.24, 2.45) is 0 Å². The van der Waals surface area contributed by atoms with Gasteiger partial charge >= 0.3 is 0 Å². The molecule has 0 radical (unpaired) electrons. The summed E-state index contributed by atoms with van der Waals surface area (Å²) in [7, 11) is 0. The number of rotatable bonds is 4. The van der Waals surface area contributed by atoms with E-state index in [4.69, 9.17) is 16.0 Å². The zero-order valence-corrected chi connectivity index (χ0v) is 12.6. The predicted molar refractivity (Wildman–Crippen MR) is 75.6 cm³/mol. The van der Waals surface area contributed by atoms with E-state index in [0.29, 0.717) is 28.4 Å². The fourth-order valence-corrected chi connectivity index (χ4v) is 2.87. The van der Waals surface area contributed by atoms with Crippen molar-refractivity contribution >= 4 is 38.5 Å². The van der Waals surface area contributed by atoms with Gasteiger partial charge in [0.05, 0.1) is 21.4 Å². The third-order valence-electron chi connectivity index (χ3n) is 2.88. The standard InChI is InChI=1S/C13H14BrClFNO/c1-3-7-10(6-17-4-2)18-13-8(14)5-9(15)12(16)11(7)13/h5,17H,3-4,6H2,1-2H3. The lowest BCUT2D eigenvalue weighted by Gasteiger charge is -2.01. The molecule has 0 spiro atoms. The van der Waals surface area contributed by atoms with Gasteiger partial charge < -0.3 is 9.73 Å². The minimum Gasteiger partial charge on any atom is -0.458 e. The molecule has 0 aliphatic heterocycles. The highest BCUT2D eigenvalue weighted by molar-refractivity contribution is 9.10. The average Bonchev–Trinajstić information content (AvgIpc) is 2.72. The van der Waals surface area contributed by atoms with E-state index in [9.17, 15) is 4.39 Å². The van der Waals surface area contributed by atoms with Crippen LogP contribution >= 0.6 is 27.5 Å². The Kier molecular flexibility index (Phi) is 4.30. The molecule has 0 saturated carbocycles. The molecule has 0 atom stereocenters. The van der Waals surface area contributed by atoms with Crippen LogP contribution in [-0.4, -0.2) is 6.54 Å². The van der Waals surface area contributed by atoms with E-state index in [1.54, 1.807) is 0 Å². The lowest BCUT2D eigenvalue weighted by molar-refractivity contribution is 0.513. The average molecular weight is 335 g/mol. The molecule has 1 heterocycles. The third-order valence-corrected chi connectivity index (χ3v) is 3.74. The van der Waals surface area contributed by atoms with Crippen molar-refractivity contribution in [3.05, 3.63) is 32.7 Å². The summed E-state index contributed by atoms with van der Waals surface area (Å²) >= 11 is 9.23. The molecule has 2 nitrogen and oxygen atoms in total. The number of halogens is 3. The molecular formula is C13H14BrClFNO. The first-order valence-electron chi connectivity index (χ1n) is 5.88. The summed E-state index contributed by atoms with van der Waals surface area (Å²) in [5.41, 5.74) is 1.41. The van der Waals surface area contributed by atoms with E-state index in [2.05, 4.69) is 21.2 Å². The molecule has 0 fully saturated rings. The van der Waals surface area contributed by atoms with Crippen LogP contribution in [0.5, 0.6) is 0 Å². The number of hydrogen-bond acceptors (Lipinski definition) is 2. The molecule has 1 aromatic carbocycles. The van der Waals surface area contributed by atoms with Crippen molar-refractivity contribution < 1.29 is 8.81 Å². The van der Waals surface area contributed by atoms with Gasteiger partial charge in [0.25, 0.3) is 0 Å². The van der Waals surface area contributed by atoms with E-state index >= 15 is 0 Å². The fourth-order valence-electron chi connectivity index (χ4n) is 2.03. The van der Waals surface area contributed by atoms with Crippen LogP contribution in [0.2, 0.25) is 5.02 Å². The van der Waals surface area contributed by atoms with Gasteiger partial charge in [-0.3, -0.25) is 0 Å². The highest BCUT2D eigenvalue weighted by atomic mass is 79.9. The van der Waals surface area contributed by atoms with E-state index in [1.807, 2.05) is 13.8 Å². The zero-order valence-electron chi connectivity index (χ0n) is 10.2. The number of benzene rings is 1. The van der Waals surface area contributed by atoms with Crippen molar-refractivity contribution in [2.45, 2.75) is 26.8 Å². The number of hydrogen-bond donors (Lipinski definition) is 1. The molecule has 98 valence electrons. The van der Waals surface area contributed by atoms with Crippen LogP contribution < -0.4 is 5.32 Å². The Bertz CT molecular complexity index is 582. The second kappa shape index (κ2) is 5.59. The first-order chi connectivity index (χ1) is 8.60. The Morgan fingerprint density at radius 1 is 1.44 bits per heavy atom. The van der Waals surface area contributed by atoms with Gasteiger partial charge in [-0.2, -0.15) is 0 Å². The normalized spacial score (nSPS) is 11.4. The summed E-state index contributed by atoms with van der Waals surface area (Å²) in [6.07, 6.45) is 0.706. The SMILES string of the molecule is CCNCc1oc2c(Br)cc(Cl)c(F)c2c1CC. The first-order valence-corrected chi connectivity index (χ1v) is 7.05. The van der Waals surface area contributed by atoms with Crippen molar-refractivity contribution in [2.75, 3.05) is 6.54 Å². The molecule has 1 N–H and O–H groups in total. The van der Waals surface area contributed by atoms with Crippen LogP contribution in [0.15, 0.2) is 15.0 Å². The van der Waals surface area contributed by atoms with Crippen molar-refractivity contribution in [3.8, 4) is 0 Å². The smallest absolute Gasteiger partial charge is 0.153 e. The first kappa shape index (κ1) is 13.8. The van der Waals surface area contributed by atoms with Crippen LogP contribution in [0.4, 0.5) is 4.39 Å². The highest BCUT2D eigenvalue weighted by Gasteiger charge is 2.20. The Morgan fingerprint density at radius 2 is 2.17 bits per heavy atom. The number of fused-ring (bicyclic) bond motifs is 1. The second-order valence-electron chi connectivity index (χ2n) is 4.00. The molecule has 0 saturated heterocycles. The molecule has 2 aromatic rings. The summed E-state index contributed by atoms with van der Waals surface area (Å²) in [6.45, 7) is 5.43. The lowest BCUT2D eigenvalue weighted by atomic mass is 10.1. The van der Waals surface area contributed by atoms with Gasteiger partial charge in [-0.05, 0) is 35.0 Å². The van der Waals surface area contributed by atoms with Crippen molar-refractivity contribution in [1.29, 1.82) is 0 Å². The summed E-state index contributed by atoms with van der Waals surface area (Å²) in [6, 6.07) is 1.53. The molecule has 0 aliphatic rings. The lowest BCUT2D eigenvalue weighted by Crippen LogP contribution is -2.12. The largest absolute Gasteiger partial charge is 0.458 e. The Labute approximate surface area is 119 Å². The highest BCUT2D eigenvalue weighted by Crippen LogP contribution is 2.37. The Balaban J connectivity index is 2.68. The van der Waals surface area contributed by atoms with Crippen LogP contribution in [0.25, 0.3) is 11.0 Å². The maximum atomic E-state index is 14.1. The number of furan rings is 1. The van der Waals surface area contributed by atoms with Gasteiger partial charge in [0, 0.05) is 5.56 Å².